The quantitative estimate of drug-likeness (QED) is 0.700. The summed E-state index contributed by atoms with van der Waals surface area (Å²) in [5.74, 6) is -0.686. The summed E-state index contributed by atoms with van der Waals surface area (Å²) >= 11 is 1.72. The maximum absolute atomic E-state index is 10.4. The highest BCUT2D eigenvalue weighted by Gasteiger charge is 2.30. The fourth-order valence-electron chi connectivity index (χ4n) is 1.64. The van der Waals surface area contributed by atoms with Gasteiger partial charge in [-0.15, -0.1) is 11.8 Å². The molecule has 1 fully saturated rings. The van der Waals surface area contributed by atoms with Crippen LogP contribution in [0.2, 0.25) is 0 Å². The highest BCUT2D eigenvalue weighted by Crippen LogP contribution is 2.38. The molecule has 4 heteroatoms. The van der Waals surface area contributed by atoms with Crippen molar-refractivity contribution in [1.82, 2.24) is 4.90 Å². The largest absolute Gasteiger partial charge is 0.481 e. The molecule has 0 spiro atoms. The minimum absolute atomic E-state index is 0.272. The molecule has 0 aliphatic carbocycles. The third-order valence-electron chi connectivity index (χ3n) is 2.14. The average molecular weight is 185 g/mol. The van der Waals surface area contributed by atoms with Crippen molar-refractivity contribution < 1.29 is 9.90 Å². The van der Waals surface area contributed by atoms with Crippen LogP contribution in [0.3, 0.4) is 0 Å². The monoisotopic (exact) mass is 185 g/mol. The minimum atomic E-state index is -0.686. The molecule has 0 radical (unpaired) electrons. The van der Waals surface area contributed by atoms with Gasteiger partial charge in [0.1, 0.15) is 0 Å². The van der Waals surface area contributed by atoms with Crippen molar-refractivity contribution in [2.24, 2.45) is 0 Å². The Morgan fingerprint density at radius 2 is 2.67 bits per heavy atom. The zero-order chi connectivity index (χ0) is 8.55. The number of nitrogens with zero attached hydrogens (tertiary/aromatic N) is 1. The summed E-state index contributed by atoms with van der Waals surface area (Å²) in [5.41, 5.74) is 0. The first kappa shape index (κ1) is 7.98. The van der Waals surface area contributed by atoms with Crippen LogP contribution in [0.25, 0.3) is 0 Å². The zero-order valence-corrected chi connectivity index (χ0v) is 7.51. The highest BCUT2D eigenvalue weighted by molar-refractivity contribution is 8.03. The number of carboxylic acids is 1. The lowest BCUT2D eigenvalue weighted by Gasteiger charge is -2.11. The number of carbonyl (C=O) groups is 1. The van der Waals surface area contributed by atoms with Gasteiger partial charge in [0.05, 0.1) is 11.4 Å². The smallest absolute Gasteiger partial charge is 0.304 e. The molecule has 2 aliphatic heterocycles. The molecular weight excluding hydrogens is 174 g/mol. The van der Waals surface area contributed by atoms with Crippen LogP contribution in [-0.4, -0.2) is 34.3 Å². The van der Waals surface area contributed by atoms with Gasteiger partial charge in [-0.25, -0.2) is 0 Å². The Morgan fingerprint density at radius 1 is 1.83 bits per heavy atom. The van der Waals surface area contributed by atoms with E-state index in [0.29, 0.717) is 6.42 Å². The van der Waals surface area contributed by atoms with Crippen LogP contribution in [0.15, 0.2) is 11.1 Å². The van der Waals surface area contributed by atoms with Crippen LogP contribution in [0.1, 0.15) is 12.8 Å². The van der Waals surface area contributed by atoms with Gasteiger partial charge in [0.2, 0.25) is 0 Å². The van der Waals surface area contributed by atoms with Gasteiger partial charge in [-0.3, -0.25) is 4.79 Å². The topological polar surface area (TPSA) is 40.5 Å². The van der Waals surface area contributed by atoms with E-state index in [-0.39, 0.29) is 5.25 Å². The van der Waals surface area contributed by atoms with Crippen LogP contribution in [-0.2, 0) is 4.79 Å². The van der Waals surface area contributed by atoms with Crippen molar-refractivity contribution in [2.45, 2.75) is 18.1 Å². The van der Waals surface area contributed by atoms with E-state index in [1.54, 1.807) is 11.8 Å². The molecule has 0 amide bonds. The van der Waals surface area contributed by atoms with Gasteiger partial charge in [0.25, 0.3) is 0 Å². The standard InChI is InChI=1S/C8H11NO2S/c10-8(11)4-6-5-9-3-1-2-7(9)12-6/h2,6H,1,3-5H2,(H,10,11). The number of hydrogen-bond acceptors (Lipinski definition) is 3. The number of fused-ring (bicyclic) bond motifs is 1. The van der Waals surface area contributed by atoms with E-state index in [0.717, 1.165) is 19.5 Å². The first-order valence-electron chi connectivity index (χ1n) is 4.09. The predicted molar refractivity (Wildman–Crippen MR) is 47.9 cm³/mol. The molecule has 1 N–H and O–H groups in total. The molecule has 12 heavy (non-hydrogen) atoms. The van der Waals surface area contributed by atoms with Crippen molar-refractivity contribution in [2.75, 3.05) is 13.1 Å². The van der Waals surface area contributed by atoms with E-state index in [1.165, 1.54) is 5.03 Å². The van der Waals surface area contributed by atoms with Gasteiger partial charge in [0.15, 0.2) is 0 Å². The summed E-state index contributed by atoms with van der Waals surface area (Å²) < 4.78 is 0. The molecule has 2 rings (SSSR count). The second kappa shape index (κ2) is 3.01. The number of carboxylic acid groups (broad SMARTS) is 1. The van der Waals surface area contributed by atoms with Crippen LogP contribution in [0.4, 0.5) is 0 Å². The Labute approximate surface area is 75.4 Å². The second-order valence-corrected chi connectivity index (χ2v) is 4.44. The molecular formula is C8H11NO2S. The maximum Gasteiger partial charge on any atom is 0.304 e. The number of aliphatic carboxylic acids is 1. The fraction of sp³-hybridized carbons (Fsp3) is 0.625. The lowest BCUT2D eigenvalue weighted by molar-refractivity contribution is -0.136. The maximum atomic E-state index is 10.4. The Kier molecular flexibility index (Phi) is 2.00. The summed E-state index contributed by atoms with van der Waals surface area (Å²) in [7, 11) is 0. The Morgan fingerprint density at radius 3 is 3.33 bits per heavy atom. The summed E-state index contributed by atoms with van der Waals surface area (Å²) in [6, 6.07) is 0. The third kappa shape index (κ3) is 1.43. The van der Waals surface area contributed by atoms with Crippen LogP contribution < -0.4 is 0 Å². The van der Waals surface area contributed by atoms with Crippen LogP contribution >= 0.6 is 11.8 Å². The van der Waals surface area contributed by atoms with E-state index in [4.69, 9.17) is 5.11 Å². The van der Waals surface area contributed by atoms with Crippen molar-refractivity contribution >= 4 is 17.7 Å². The van der Waals surface area contributed by atoms with Gasteiger partial charge in [-0.05, 0) is 6.42 Å². The summed E-state index contributed by atoms with van der Waals surface area (Å²) in [4.78, 5) is 12.7. The third-order valence-corrected chi connectivity index (χ3v) is 3.46. The van der Waals surface area contributed by atoms with Gasteiger partial charge in [-0.1, -0.05) is 6.08 Å². The lowest BCUT2D eigenvalue weighted by Crippen LogP contribution is -2.20. The highest BCUT2D eigenvalue weighted by atomic mass is 32.2. The molecule has 0 aromatic carbocycles. The molecule has 1 atom stereocenters. The molecule has 0 bridgehead atoms. The molecule has 2 aliphatic rings. The van der Waals surface area contributed by atoms with Crippen LogP contribution in [0.5, 0.6) is 0 Å². The van der Waals surface area contributed by atoms with Crippen molar-refractivity contribution in [1.29, 1.82) is 0 Å². The van der Waals surface area contributed by atoms with E-state index < -0.39 is 5.97 Å². The molecule has 1 saturated heterocycles. The summed E-state index contributed by atoms with van der Waals surface area (Å²) in [5, 5.41) is 10.2. The minimum Gasteiger partial charge on any atom is -0.481 e. The number of thioether (sulfide) groups is 1. The first-order valence-corrected chi connectivity index (χ1v) is 4.97. The summed E-state index contributed by atoms with van der Waals surface area (Å²) in [6.07, 6.45) is 3.62. The van der Waals surface area contributed by atoms with Crippen molar-refractivity contribution in [3.63, 3.8) is 0 Å². The molecule has 0 aromatic heterocycles. The normalized spacial score (nSPS) is 27.2. The fourth-order valence-corrected chi connectivity index (χ4v) is 2.99. The van der Waals surface area contributed by atoms with Gasteiger partial charge in [0, 0.05) is 18.3 Å². The first-order chi connectivity index (χ1) is 5.75. The molecule has 3 nitrogen and oxygen atoms in total. The SMILES string of the molecule is O=C(O)CC1CN2CCC=C2S1. The molecule has 0 saturated carbocycles. The molecule has 66 valence electrons. The van der Waals surface area contributed by atoms with Crippen molar-refractivity contribution in [3.05, 3.63) is 11.1 Å². The second-order valence-electron chi connectivity index (χ2n) is 3.11. The molecule has 2 heterocycles. The van der Waals surface area contributed by atoms with E-state index in [2.05, 4.69) is 11.0 Å². The predicted octanol–water partition coefficient (Wildman–Crippen LogP) is 1.12. The van der Waals surface area contributed by atoms with E-state index >= 15 is 0 Å². The lowest BCUT2D eigenvalue weighted by atomic mass is 10.3. The Hall–Kier alpha value is -0.640. The molecule has 1 unspecified atom stereocenters. The average Bonchev–Trinajstić information content (AvgIpc) is 2.43. The zero-order valence-electron chi connectivity index (χ0n) is 6.69. The van der Waals surface area contributed by atoms with Gasteiger partial charge in [-0.2, -0.15) is 0 Å². The van der Waals surface area contributed by atoms with Gasteiger partial charge < -0.3 is 10.0 Å². The van der Waals surface area contributed by atoms with E-state index in [1.807, 2.05) is 0 Å². The number of rotatable bonds is 2. The van der Waals surface area contributed by atoms with Crippen LogP contribution in [0, 0.1) is 0 Å². The summed E-state index contributed by atoms with van der Waals surface area (Å²) in [6.45, 7) is 2.00. The van der Waals surface area contributed by atoms with Crippen molar-refractivity contribution in [3.8, 4) is 0 Å². The molecule has 0 aromatic rings. The van der Waals surface area contributed by atoms with E-state index in [9.17, 15) is 4.79 Å². The Balaban J connectivity index is 1.94. The number of hydrogen-bond donors (Lipinski definition) is 1. The Bertz CT molecular complexity index is 239. The van der Waals surface area contributed by atoms with Gasteiger partial charge >= 0.3 is 5.97 Å².